The summed E-state index contributed by atoms with van der Waals surface area (Å²) in [5.74, 6) is 0.630. The number of nitrogens with zero attached hydrogens (tertiary/aromatic N) is 5. The Labute approximate surface area is 146 Å². The van der Waals surface area contributed by atoms with Gasteiger partial charge >= 0.3 is 0 Å². The lowest BCUT2D eigenvalue weighted by Gasteiger charge is -2.07. The van der Waals surface area contributed by atoms with E-state index in [0.29, 0.717) is 11.6 Å². The van der Waals surface area contributed by atoms with E-state index >= 15 is 0 Å². The molecule has 10 heteroatoms. The van der Waals surface area contributed by atoms with Crippen molar-refractivity contribution in [1.29, 1.82) is 0 Å². The maximum atomic E-state index is 12.2. The molecule has 0 aliphatic carbocycles. The molecule has 25 heavy (non-hydrogen) atoms. The van der Waals surface area contributed by atoms with Gasteiger partial charge in [-0.2, -0.15) is 0 Å². The fourth-order valence-corrected chi connectivity index (χ4v) is 2.36. The third-order valence-electron chi connectivity index (χ3n) is 3.35. The minimum Gasteiger partial charge on any atom is -0.319 e. The Morgan fingerprint density at radius 2 is 2.00 bits per heavy atom. The van der Waals surface area contributed by atoms with E-state index in [1.807, 2.05) is 6.92 Å². The fraction of sp³-hybridized carbons (Fsp3) is 0.0667. The minimum absolute atomic E-state index is 0.0155. The molecular formula is C15H11ClN6O3. The van der Waals surface area contributed by atoms with Crippen molar-refractivity contribution in [2.24, 2.45) is 0 Å². The van der Waals surface area contributed by atoms with Gasteiger partial charge in [0, 0.05) is 24.5 Å². The van der Waals surface area contributed by atoms with Crippen molar-refractivity contribution in [2.75, 3.05) is 5.32 Å². The van der Waals surface area contributed by atoms with Crippen molar-refractivity contribution in [2.45, 2.75) is 6.92 Å². The van der Waals surface area contributed by atoms with Crippen LogP contribution < -0.4 is 5.32 Å². The number of anilines is 1. The molecule has 9 nitrogen and oxygen atoms in total. The maximum absolute atomic E-state index is 12.2. The summed E-state index contributed by atoms with van der Waals surface area (Å²) >= 11 is 5.94. The molecule has 0 bridgehead atoms. The van der Waals surface area contributed by atoms with Gasteiger partial charge in [0.25, 0.3) is 11.6 Å². The van der Waals surface area contributed by atoms with Crippen LogP contribution in [0.2, 0.25) is 5.02 Å². The number of aryl methyl sites for hydroxylation is 1. The summed E-state index contributed by atoms with van der Waals surface area (Å²) in [4.78, 5) is 34.8. The molecule has 3 rings (SSSR count). The van der Waals surface area contributed by atoms with E-state index < -0.39 is 10.8 Å². The van der Waals surface area contributed by atoms with Gasteiger partial charge in [0.05, 0.1) is 33.6 Å². The SMILES string of the molecule is Cc1nccn1-c1ncc(NC(=O)c2ccc([N+](=O)[O-])cc2Cl)cn1. The zero-order valence-corrected chi connectivity index (χ0v) is 13.6. The number of non-ortho nitro benzene ring substituents is 1. The summed E-state index contributed by atoms with van der Waals surface area (Å²) in [5.41, 5.74) is 0.285. The number of imidazole rings is 1. The highest BCUT2D eigenvalue weighted by Crippen LogP contribution is 2.23. The van der Waals surface area contributed by atoms with Crippen molar-refractivity contribution < 1.29 is 9.72 Å². The monoisotopic (exact) mass is 358 g/mol. The number of carbonyl (C=O) groups is 1. The van der Waals surface area contributed by atoms with Crippen LogP contribution in [0.1, 0.15) is 16.2 Å². The third kappa shape index (κ3) is 3.45. The molecule has 3 aromatic rings. The molecule has 0 unspecified atom stereocenters. The summed E-state index contributed by atoms with van der Waals surface area (Å²) in [5, 5.41) is 13.3. The lowest BCUT2D eigenvalue weighted by molar-refractivity contribution is -0.384. The molecule has 2 aromatic heterocycles. The number of nitrogens with one attached hydrogen (secondary N) is 1. The molecule has 1 amide bonds. The molecule has 0 saturated heterocycles. The molecule has 0 spiro atoms. The van der Waals surface area contributed by atoms with Crippen LogP contribution in [-0.2, 0) is 0 Å². The van der Waals surface area contributed by atoms with Crippen molar-refractivity contribution in [3.05, 3.63) is 69.5 Å². The molecule has 0 radical (unpaired) electrons. The number of amides is 1. The minimum atomic E-state index is -0.585. The van der Waals surface area contributed by atoms with Gasteiger partial charge in [0.2, 0.25) is 5.95 Å². The number of carbonyl (C=O) groups excluding carboxylic acids is 1. The van der Waals surface area contributed by atoms with E-state index in [0.717, 1.165) is 11.9 Å². The summed E-state index contributed by atoms with van der Waals surface area (Å²) in [6.45, 7) is 1.82. The molecule has 0 saturated carbocycles. The topological polar surface area (TPSA) is 116 Å². The van der Waals surface area contributed by atoms with E-state index in [1.54, 1.807) is 17.0 Å². The van der Waals surface area contributed by atoms with Crippen LogP contribution in [0.15, 0.2) is 43.0 Å². The predicted octanol–water partition coefficient (Wildman–Crippen LogP) is 2.78. The number of nitro benzene ring substituents is 1. The van der Waals surface area contributed by atoms with Crippen LogP contribution in [0.5, 0.6) is 0 Å². The highest BCUT2D eigenvalue weighted by molar-refractivity contribution is 6.34. The number of nitro groups is 1. The molecule has 0 fully saturated rings. The van der Waals surface area contributed by atoms with Crippen molar-refractivity contribution >= 4 is 28.9 Å². The molecule has 1 aromatic carbocycles. The van der Waals surface area contributed by atoms with Crippen molar-refractivity contribution in [3.63, 3.8) is 0 Å². The molecule has 2 heterocycles. The van der Waals surface area contributed by atoms with Crippen LogP contribution in [0.4, 0.5) is 11.4 Å². The first kappa shape index (κ1) is 16.5. The van der Waals surface area contributed by atoms with Gasteiger partial charge < -0.3 is 5.32 Å². The largest absolute Gasteiger partial charge is 0.319 e. The van der Waals surface area contributed by atoms with Crippen LogP contribution in [0.25, 0.3) is 5.95 Å². The Hall–Kier alpha value is -3.33. The Bertz CT molecular complexity index is 954. The van der Waals surface area contributed by atoms with Crippen LogP contribution in [0, 0.1) is 17.0 Å². The quantitative estimate of drug-likeness (QED) is 0.566. The first-order valence-electron chi connectivity index (χ1n) is 7.03. The second kappa shape index (κ2) is 6.65. The Morgan fingerprint density at radius 3 is 2.56 bits per heavy atom. The Balaban J connectivity index is 1.77. The first-order valence-corrected chi connectivity index (χ1v) is 7.41. The summed E-state index contributed by atoms with van der Waals surface area (Å²) in [7, 11) is 0. The maximum Gasteiger partial charge on any atom is 0.270 e. The molecular weight excluding hydrogens is 348 g/mol. The molecule has 126 valence electrons. The smallest absolute Gasteiger partial charge is 0.270 e. The Morgan fingerprint density at radius 1 is 1.28 bits per heavy atom. The van der Waals surface area contributed by atoms with Gasteiger partial charge in [-0.1, -0.05) is 11.6 Å². The normalized spacial score (nSPS) is 10.5. The second-order valence-corrected chi connectivity index (χ2v) is 5.40. The van der Waals surface area contributed by atoms with Gasteiger partial charge in [-0.15, -0.1) is 0 Å². The second-order valence-electron chi connectivity index (χ2n) is 4.99. The lowest BCUT2D eigenvalue weighted by Crippen LogP contribution is -2.13. The van der Waals surface area contributed by atoms with Gasteiger partial charge in [0.1, 0.15) is 5.82 Å². The van der Waals surface area contributed by atoms with Crippen LogP contribution in [-0.4, -0.2) is 30.3 Å². The highest BCUT2D eigenvalue weighted by atomic mass is 35.5. The number of hydrogen-bond acceptors (Lipinski definition) is 6. The molecule has 0 atom stereocenters. The van der Waals surface area contributed by atoms with Gasteiger partial charge in [-0.05, 0) is 13.0 Å². The summed E-state index contributed by atoms with van der Waals surface area (Å²) in [6.07, 6.45) is 6.24. The average molecular weight is 359 g/mol. The van der Waals surface area contributed by atoms with E-state index in [4.69, 9.17) is 11.6 Å². The summed E-state index contributed by atoms with van der Waals surface area (Å²) < 4.78 is 1.69. The van der Waals surface area contributed by atoms with Crippen molar-refractivity contribution in [1.82, 2.24) is 19.5 Å². The van der Waals surface area contributed by atoms with E-state index in [9.17, 15) is 14.9 Å². The zero-order valence-electron chi connectivity index (χ0n) is 12.9. The molecule has 0 aliphatic rings. The van der Waals surface area contributed by atoms with Gasteiger partial charge in [0.15, 0.2) is 0 Å². The van der Waals surface area contributed by atoms with E-state index in [2.05, 4.69) is 20.3 Å². The molecule has 0 aliphatic heterocycles. The van der Waals surface area contributed by atoms with Crippen molar-refractivity contribution in [3.8, 4) is 5.95 Å². The lowest BCUT2D eigenvalue weighted by atomic mass is 10.2. The predicted molar refractivity (Wildman–Crippen MR) is 90.0 cm³/mol. The number of rotatable bonds is 4. The van der Waals surface area contributed by atoms with E-state index in [-0.39, 0.29) is 16.3 Å². The van der Waals surface area contributed by atoms with E-state index in [1.165, 1.54) is 24.5 Å². The number of halogens is 1. The summed E-state index contributed by atoms with van der Waals surface area (Å²) in [6, 6.07) is 3.62. The van der Waals surface area contributed by atoms with Gasteiger partial charge in [-0.25, -0.2) is 15.0 Å². The first-order chi connectivity index (χ1) is 12.0. The third-order valence-corrected chi connectivity index (χ3v) is 3.66. The fourth-order valence-electron chi connectivity index (χ4n) is 2.10. The number of hydrogen-bond donors (Lipinski definition) is 1. The average Bonchev–Trinajstić information content (AvgIpc) is 3.01. The van der Waals surface area contributed by atoms with Crippen LogP contribution in [0.3, 0.4) is 0 Å². The Kier molecular flexibility index (Phi) is 4.40. The number of benzene rings is 1. The number of aromatic nitrogens is 4. The highest BCUT2D eigenvalue weighted by Gasteiger charge is 2.15. The zero-order chi connectivity index (χ0) is 18.0. The standard InChI is InChI=1S/C15H11ClN6O3/c1-9-17-4-5-21(9)15-18-7-10(8-19-15)20-14(23)12-3-2-11(22(24)25)6-13(12)16/h2-8H,1H3,(H,20,23). The van der Waals surface area contributed by atoms with Crippen LogP contribution >= 0.6 is 11.6 Å². The van der Waals surface area contributed by atoms with Gasteiger partial charge in [-0.3, -0.25) is 19.5 Å². The molecule has 1 N–H and O–H groups in total.